The number of halogens is 4. The number of nitrogens with zero attached hydrogens (tertiary/aromatic N) is 5. The predicted molar refractivity (Wildman–Crippen MR) is 117 cm³/mol. The third-order valence-electron chi connectivity index (χ3n) is 7.39. The maximum Gasteiger partial charge on any atom is 0.417 e. The molecule has 1 amide bonds. The Morgan fingerprint density at radius 2 is 1.86 bits per heavy atom. The zero-order valence-electron chi connectivity index (χ0n) is 18.6. The van der Waals surface area contributed by atoms with Crippen LogP contribution in [0.15, 0.2) is 42.9 Å². The van der Waals surface area contributed by atoms with Gasteiger partial charge in [0.1, 0.15) is 11.5 Å². The largest absolute Gasteiger partial charge is 0.417 e. The summed E-state index contributed by atoms with van der Waals surface area (Å²) in [7, 11) is 0. The first-order valence-corrected chi connectivity index (χ1v) is 11.2. The van der Waals surface area contributed by atoms with Gasteiger partial charge < -0.3 is 10.2 Å². The SMILES string of the molecule is Cc1ccc(-c2ncc(F)cn2)c(C(=O)N2CC3CC34CC(Nc3ccc(C(F)(F)F)cn3)C24)n1. The van der Waals surface area contributed by atoms with E-state index >= 15 is 0 Å². The van der Waals surface area contributed by atoms with Crippen molar-refractivity contribution in [3.8, 4) is 11.4 Å². The number of aromatic nitrogens is 4. The molecule has 1 N–H and O–H groups in total. The minimum absolute atomic E-state index is 0.0373. The van der Waals surface area contributed by atoms with Crippen molar-refractivity contribution >= 4 is 11.7 Å². The van der Waals surface area contributed by atoms with E-state index in [4.69, 9.17) is 0 Å². The van der Waals surface area contributed by atoms with Gasteiger partial charge in [0.05, 0.1) is 29.6 Å². The smallest absolute Gasteiger partial charge is 0.365 e. The van der Waals surface area contributed by atoms with Crippen molar-refractivity contribution in [1.29, 1.82) is 0 Å². The third-order valence-corrected chi connectivity index (χ3v) is 7.39. The molecular formula is C24H20F4N6O. The Labute approximate surface area is 197 Å². The molecular weight excluding hydrogens is 464 g/mol. The number of aryl methyl sites for hydroxylation is 1. The van der Waals surface area contributed by atoms with Crippen LogP contribution in [-0.4, -0.2) is 49.4 Å². The maximum absolute atomic E-state index is 13.7. The predicted octanol–water partition coefficient (Wildman–Crippen LogP) is 4.12. The second-order valence-electron chi connectivity index (χ2n) is 9.50. The maximum atomic E-state index is 13.7. The molecule has 3 aromatic rings. The Morgan fingerprint density at radius 3 is 2.54 bits per heavy atom. The molecule has 11 heteroatoms. The first kappa shape index (κ1) is 21.9. The average Bonchev–Trinajstić information content (AvgIpc) is 3.47. The second-order valence-corrected chi connectivity index (χ2v) is 9.50. The molecule has 0 aromatic carbocycles. The van der Waals surface area contributed by atoms with E-state index in [9.17, 15) is 22.4 Å². The molecule has 35 heavy (non-hydrogen) atoms. The number of hydrogen-bond donors (Lipinski definition) is 1. The zero-order chi connectivity index (χ0) is 24.5. The van der Waals surface area contributed by atoms with E-state index in [2.05, 4.69) is 25.3 Å². The molecule has 1 spiro atoms. The van der Waals surface area contributed by atoms with Gasteiger partial charge in [-0.3, -0.25) is 4.79 Å². The Hall–Kier alpha value is -3.63. The minimum atomic E-state index is -4.45. The van der Waals surface area contributed by atoms with Gasteiger partial charge in [-0.2, -0.15) is 13.2 Å². The number of piperidine rings is 1. The van der Waals surface area contributed by atoms with Gasteiger partial charge in [-0.25, -0.2) is 24.3 Å². The number of anilines is 1. The lowest BCUT2D eigenvalue weighted by Crippen LogP contribution is -2.60. The molecule has 7 nitrogen and oxygen atoms in total. The number of carbonyl (C=O) groups is 1. The number of likely N-dealkylation sites (tertiary alicyclic amines) is 1. The molecule has 2 aliphatic carbocycles. The van der Waals surface area contributed by atoms with Gasteiger partial charge >= 0.3 is 6.18 Å². The number of hydrogen-bond acceptors (Lipinski definition) is 6. The average molecular weight is 484 g/mol. The van der Waals surface area contributed by atoms with Crippen LogP contribution in [0.5, 0.6) is 0 Å². The Morgan fingerprint density at radius 1 is 1.09 bits per heavy atom. The summed E-state index contributed by atoms with van der Waals surface area (Å²) in [5.74, 6) is 0.0935. The molecule has 1 aliphatic heterocycles. The van der Waals surface area contributed by atoms with Crippen molar-refractivity contribution < 1.29 is 22.4 Å². The summed E-state index contributed by atoms with van der Waals surface area (Å²) in [4.78, 5) is 32.0. The third kappa shape index (κ3) is 3.52. The molecule has 4 atom stereocenters. The molecule has 4 unspecified atom stereocenters. The second kappa shape index (κ2) is 7.43. The number of pyridine rings is 2. The highest BCUT2D eigenvalue weighted by atomic mass is 19.4. The minimum Gasteiger partial charge on any atom is -0.365 e. The molecule has 1 saturated heterocycles. The molecule has 2 saturated carbocycles. The molecule has 3 aromatic heterocycles. The van der Waals surface area contributed by atoms with Gasteiger partial charge in [0, 0.05) is 24.5 Å². The lowest BCUT2D eigenvalue weighted by Gasteiger charge is -2.48. The molecule has 180 valence electrons. The molecule has 3 fully saturated rings. The molecule has 4 heterocycles. The lowest BCUT2D eigenvalue weighted by molar-refractivity contribution is -0.137. The van der Waals surface area contributed by atoms with E-state index in [0.29, 0.717) is 29.5 Å². The first-order valence-electron chi connectivity index (χ1n) is 11.2. The summed E-state index contributed by atoms with van der Waals surface area (Å²) in [6.07, 6.45) is 0.284. The van der Waals surface area contributed by atoms with Gasteiger partial charge in [0.2, 0.25) is 0 Å². The van der Waals surface area contributed by atoms with Crippen LogP contribution in [0.2, 0.25) is 0 Å². The summed E-state index contributed by atoms with van der Waals surface area (Å²) in [6.45, 7) is 2.36. The van der Waals surface area contributed by atoms with Crippen molar-refractivity contribution in [3.05, 3.63) is 65.6 Å². The standard InChI is InChI=1S/C24H20F4N6O/c1-12-2-4-16(21-30-9-15(25)10-31-21)19(32-12)22(35)34-11-14-6-23(14)7-17(20(23)34)33-18-5-3-13(8-29-18)24(26,27)28/h2-5,8-10,14,17,20H,6-7,11H2,1H3,(H,29,33). The lowest BCUT2D eigenvalue weighted by atomic mass is 9.71. The zero-order valence-corrected chi connectivity index (χ0v) is 18.6. The van der Waals surface area contributed by atoms with Crippen molar-refractivity contribution in [2.45, 2.75) is 38.0 Å². The van der Waals surface area contributed by atoms with Crippen molar-refractivity contribution in [3.63, 3.8) is 0 Å². The number of alkyl halides is 3. The highest BCUT2D eigenvalue weighted by molar-refractivity contribution is 5.99. The summed E-state index contributed by atoms with van der Waals surface area (Å²) in [5, 5.41) is 3.22. The fourth-order valence-electron chi connectivity index (χ4n) is 5.68. The van der Waals surface area contributed by atoms with Crippen LogP contribution >= 0.6 is 0 Å². The highest BCUT2D eigenvalue weighted by Crippen LogP contribution is 2.71. The van der Waals surface area contributed by atoms with Gasteiger partial charge in [-0.05, 0) is 55.4 Å². The van der Waals surface area contributed by atoms with Gasteiger partial charge in [0.15, 0.2) is 11.6 Å². The normalized spacial score (nSPS) is 26.5. The van der Waals surface area contributed by atoms with Crippen LogP contribution in [0.25, 0.3) is 11.4 Å². The summed E-state index contributed by atoms with van der Waals surface area (Å²) >= 11 is 0. The molecule has 0 bridgehead atoms. The Balaban J connectivity index is 1.27. The number of carbonyl (C=O) groups excluding carboxylic acids is 1. The van der Waals surface area contributed by atoms with Crippen LogP contribution in [0, 0.1) is 24.1 Å². The van der Waals surface area contributed by atoms with Gasteiger partial charge in [-0.1, -0.05) is 0 Å². The number of rotatable bonds is 4. The van der Waals surface area contributed by atoms with E-state index in [1.807, 2.05) is 0 Å². The monoisotopic (exact) mass is 484 g/mol. The van der Waals surface area contributed by atoms with E-state index < -0.39 is 17.6 Å². The quantitative estimate of drug-likeness (QED) is 0.561. The van der Waals surface area contributed by atoms with Crippen molar-refractivity contribution in [2.24, 2.45) is 11.3 Å². The van der Waals surface area contributed by atoms with E-state index in [-0.39, 0.29) is 34.9 Å². The summed E-state index contributed by atoms with van der Waals surface area (Å²) in [5.41, 5.74) is 0.495. The van der Waals surface area contributed by atoms with E-state index in [1.54, 1.807) is 24.0 Å². The Kier molecular flexibility index (Phi) is 4.64. The van der Waals surface area contributed by atoms with Crippen molar-refractivity contribution in [1.82, 2.24) is 24.8 Å². The highest BCUT2D eigenvalue weighted by Gasteiger charge is 2.75. The first-order chi connectivity index (χ1) is 16.7. The molecule has 0 radical (unpaired) electrons. The van der Waals surface area contributed by atoms with E-state index in [0.717, 1.165) is 37.5 Å². The topological polar surface area (TPSA) is 83.9 Å². The van der Waals surface area contributed by atoms with E-state index in [1.165, 1.54) is 6.07 Å². The number of amides is 1. The fourth-order valence-corrected chi connectivity index (χ4v) is 5.68. The van der Waals surface area contributed by atoms with Crippen LogP contribution in [0.4, 0.5) is 23.4 Å². The van der Waals surface area contributed by atoms with Crippen LogP contribution < -0.4 is 5.32 Å². The summed E-state index contributed by atoms with van der Waals surface area (Å²) < 4.78 is 51.9. The molecule has 6 rings (SSSR count). The fraction of sp³-hybridized carbons (Fsp3) is 0.375. The van der Waals surface area contributed by atoms with Crippen LogP contribution in [0.1, 0.15) is 34.6 Å². The summed E-state index contributed by atoms with van der Waals surface area (Å²) in [6, 6.07) is 5.50. The van der Waals surface area contributed by atoms with Crippen LogP contribution in [0.3, 0.4) is 0 Å². The van der Waals surface area contributed by atoms with Gasteiger partial charge in [0.25, 0.3) is 5.91 Å². The number of nitrogens with one attached hydrogen (secondary N) is 1. The molecule has 3 aliphatic rings. The Bertz CT molecular complexity index is 1310. The van der Waals surface area contributed by atoms with Gasteiger partial charge in [-0.15, -0.1) is 0 Å². The van der Waals surface area contributed by atoms with Crippen LogP contribution in [-0.2, 0) is 6.18 Å². The van der Waals surface area contributed by atoms with Crippen molar-refractivity contribution in [2.75, 3.05) is 11.9 Å².